The van der Waals surface area contributed by atoms with Crippen molar-refractivity contribution in [2.24, 2.45) is 0 Å². The molecule has 0 unspecified atom stereocenters. The largest absolute Gasteiger partial charge is 0.477 e. The number of para-hydroxylation sites is 2. The van der Waals surface area contributed by atoms with Crippen molar-refractivity contribution in [3.05, 3.63) is 57.6 Å². The van der Waals surface area contributed by atoms with E-state index in [4.69, 9.17) is 4.74 Å². The topological polar surface area (TPSA) is 114 Å². The van der Waals surface area contributed by atoms with Crippen molar-refractivity contribution in [1.29, 1.82) is 0 Å². The molecule has 0 spiro atoms. The van der Waals surface area contributed by atoms with E-state index in [1.807, 2.05) is 26.0 Å². The standard InChI is InChI=1S/C22H26N4O5/c1-4-11-23-22(28)19-12-25(16-7-5-6-8-18(16)31-19)13-20(27)24-21-15(3)14(2)9-10-17(21)26(29)30/h5-10,19H,4,11-13H2,1-3H3,(H,23,28)(H,24,27)/t19-/m1/s1. The number of nitro benzene ring substituents is 1. The molecule has 0 fully saturated rings. The Balaban J connectivity index is 1.81. The van der Waals surface area contributed by atoms with E-state index in [1.54, 1.807) is 30.0 Å². The first-order valence-corrected chi connectivity index (χ1v) is 10.1. The zero-order valence-corrected chi connectivity index (χ0v) is 17.8. The molecule has 1 aliphatic heterocycles. The highest BCUT2D eigenvalue weighted by Gasteiger charge is 2.31. The average molecular weight is 426 g/mol. The van der Waals surface area contributed by atoms with Crippen LogP contribution in [0.2, 0.25) is 0 Å². The summed E-state index contributed by atoms with van der Waals surface area (Å²) in [6.07, 6.45) is 0.0415. The van der Waals surface area contributed by atoms with Gasteiger partial charge in [0.1, 0.15) is 11.4 Å². The van der Waals surface area contributed by atoms with Crippen LogP contribution in [-0.2, 0) is 9.59 Å². The summed E-state index contributed by atoms with van der Waals surface area (Å²) in [6.45, 7) is 6.16. The highest BCUT2D eigenvalue weighted by Crippen LogP contribution is 2.34. The number of anilines is 2. The molecule has 0 radical (unpaired) electrons. The molecule has 0 saturated carbocycles. The lowest BCUT2D eigenvalue weighted by molar-refractivity contribution is -0.384. The molecule has 31 heavy (non-hydrogen) atoms. The number of benzene rings is 2. The normalized spacial score (nSPS) is 14.9. The molecule has 9 nitrogen and oxygen atoms in total. The van der Waals surface area contributed by atoms with Gasteiger partial charge in [-0.05, 0) is 43.5 Å². The Bertz CT molecular complexity index is 1010. The molecule has 9 heteroatoms. The predicted molar refractivity (Wildman–Crippen MR) is 118 cm³/mol. The number of aryl methyl sites for hydroxylation is 1. The molecule has 2 aromatic rings. The molecular formula is C22H26N4O5. The summed E-state index contributed by atoms with van der Waals surface area (Å²) >= 11 is 0. The van der Waals surface area contributed by atoms with Crippen molar-refractivity contribution in [2.45, 2.75) is 33.3 Å². The maximum atomic E-state index is 12.9. The van der Waals surface area contributed by atoms with Gasteiger partial charge in [-0.25, -0.2) is 0 Å². The van der Waals surface area contributed by atoms with Gasteiger partial charge in [0.25, 0.3) is 11.6 Å². The molecule has 2 aromatic carbocycles. The van der Waals surface area contributed by atoms with E-state index in [-0.39, 0.29) is 30.4 Å². The van der Waals surface area contributed by atoms with E-state index in [0.29, 0.717) is 23.5 Å². The molecule has 1 aliphatic rings. The van der Waals surface area contributed by atoms with E-state index in [0.717, 1.165) is 12.0 Å². The number of hydrogen-bond acceptors (Lipinski definition) is 6. The first-order chi connectivity index (χ1) is 14.8. The van der Waals surface area contributed by atoms with E-state index < -0.39 is 16.9 Å². The minimum Gasteiger partial charge on any atom is -0.477 e. The van der Waals surface area contributed by atoms with Crippen molar-refractivity contribution in [1.82, 2.24) is 5.32 Å². The summed E-state index contributed by atoms with van der Waals surface area (Å²) in [5.74, 6) is -0.149. The highest BCUT2D eigenvalue weighted by molar-refractivity contribution is 5.97. The zero-order valence-electron chi connectivity index (χ0n) is 17.8. The van der Waals surface area contributed by atoms with Gasteiger partial charge in [0.15, 0.2) is 6.10 Å². The van der Waals surface area contributed by atoms with Crippen molar-refractivity contribution >= 4 is 28.9 Å². The molecular weight excluding hydrogens is 400 g/mol. The van der Waals surface area contributed by atoms with Crippen LogP contribution in [0.5, 0.6) is 5.75 Å². The van der Waals surface area contributed by atoms with E-state index in [2.05, 4.69) is 10.6 Å². The summed E-state index contributed by atoms with van der Waals surface area (Å²) in [5, 5.41) is 16.9. The minimum atomic E-state index is -0.760. The van der Waals surface area contributed by atoms with Gasteiger partial charge < -0.3 is 20.3 Å². The van der Waals surface area contributed by atoms with Gasteiger partial charge in [-0.1, -0.05) is 25.1 Å². The summed E-state index contributed by atoms with van der Waals surface area (Å²) in [6, 6.07) is 10.2. The van der Waals surface area contributed by atoms with Crippen LogP contribution in [0.15, 0.2) is 36.4 Å². The number of amides is 2. The number of nitro groups is 1. The minimum absolute atomic E-state index is 0.0809. The molecule has 0 bridgehead atoms. The number of ether oxygens (including phenoxy) is 1. The van der Waals surface area contributed by atoms with E-state index in [1.165, 1.54) is 6.07 Å². The van der Waals surface area contributed by atoms with Crippen molar-refractivity contribution < 1.29 is 19.2 Å². The number of nitrogens with one attached hydrogen (secondary N) is 2. The van der Waals surface area contributed by atoms with Crippen LogP contribution in [0.4, 0.5) is 17.1 Å². The second-order valence-electron chi connectivity index (χ2n) is 7.45. The van der Waals surface area contributed by atoms with Crippen LogP contribution in [0, 0.1) is 24.0 Å². The summed E-state index contributed by atoms with van der Waals surface area (Å²) in [4.78, 5) is 38.0. The van der Waals surface area contributed by atoms with Crippen molar-refractivity contribution in [2.75, 3.05) is 29.9 Å². The van der Waals surface area contributed by atoms with Gasteiger partial charge in [0.2, 0.25) is 5.91 Å². The highest BCUT2D eigenvalue weighted by atomic mass is 16.6. The molecule has 0 saturated heterocycles. The third-order valence-corrected chi connectivity index (χ3v) is 5.21. The first kappa shape index (κ1) is 22.1. The predicted octanol–water partition coefficient (Wildman–Crippen LogP) is 2.94. The first-order valence-electron chi connectivity index (χ1n) is 10.1. The van der Waals surface area contributed by atoms with Gasteiger partial charge in [-0.2, -0.15) is 0 Å². The lowest BCUT2D eigenvalue weighted by Gasteiger charge is -2.35. The zero-order chi connectivity index (χ0) is 22.5. The lowest BCUT2D eigenvalue weighted by atomic mass is 10.1. The van der Waals surface area contributed by atoms with Gasteiger partial charge >= 0.3 is 0 Å². The fourth-order valence-corrected chi connectivity index (χ4v) is 3.42. The molecule has 3 rings (SSSR count). The monoisotopic (exact) mass is 426 g/mol. The summed E-state index contributed by atoms with van der Waals surface area (Å²) in [7, 11) is 0. The summed E-state index contributed by atoms with van der Waals surface area (Å²) in [5.41, 5.74) is 2.20. The summed E-state index contributed by atoms with van der Waals surface area (Å²) < 4.78 is 5.83. The fraction of sp³-hybridized carbons (Fsp3) is 0.364. The molecule has 164 valence electrons. The van der Waals surface area contributed by atoms with Crippen LogP contribution in [0.25, 0.3) is 0 Å². The van der Waals surface area contributed by atoms with Crippen LogP contribution in [0.1, 0.15) is 24.5 Å². The van der Waals surface area contributed by atoms with Crippen molar-refractivity contribution in [3.63, 3.8) is 0 Å². The molecule has 2 N–H and O–H groups in total. The molecule has 1 atom stereocenters. The molecule has 1 heterocycles. The van der Waals surface area contributed by atoms with Crippen molar-refractivity contribution in [3.8, 4) is 5.75 Å². The fourth-order valence-electron chi connectivity index (χ4n) is 3.42. The Morgan fingerprint density at radius 3 is 2.68 bits per heavy atom. The number of carbonyl (C=O) groups excluding carboxylic acids is 2. The second-order valence-corrected chi connectivity index (χ2v) is 7.45. The Hall–Kier alpha value is -3.62. The Kier molecular flexibility index (Phi) is 6.74. The van der Waals surface area contributed by atoms with Crippen LogP contribution < -0.4 is 20.3 Å². The molecule has 0 aromatic heterocycles. The quantitative estimate of drug-likeness (QED) is 0.520. The maximum absolute atomic E-state index is 12.9. The third-order valence-electron chi connectivity index (χ3n) is 5.21. The maximum Gasteiger partial charge on any atom is 0.293 e. The number of carbonyl (C=O) groups is 2. The lowest BCUT2D eigenvalue weighted by Crippen LogP contribution is -2.50. The van der Waals surface area contributed by atoms with Gasteiger partial charge in [0, 0.05) is 12.6 Å². The average Bonchev–Trinajstić information content (AvgIpc) is 2.75. The SMILES string of the molecule is CCCNC(=O)[C@H]1CN(CC(=O)Nc2c([N+](=O)[O-])ccc(C)c2C)c2ccccc2O1. The Morgan fingerprint density at radius 2 is 1.97 bits per heavy atom. The van der Waals surface area contributed by atoms with E-state index >= 15 is 0 Å². The Morgan fingerprint density at radius 1 is 1.23 bits per heavy atom. The molecule has 0 aliphatic carbocycles. The van der Waals surface area contributed by atoms with E-state index in [9.17, 15) is 19.7 Å². The van der Waals surface area contributed by atoms with Crippen LogP contribution in [-0.4, -0.2) is 42.5 Å². The number of nitrogens with zero attached hydrogens (tertiary/aromatic N) is 2. The third kappa shape index (κ3) is 4.93. The smallest absolute Gasteiger partial charge is 0.293 e. The van der Waals surface area contributed by atoms with Gasteiger partial charge in [0.05, 0.1) is 23.7 Å². The van der Waals surface area contributed by atoms with Crippen LogP contribution in [0.3, 0.4) is 0 Å². The van der Waals surface area contributed by atoms with Gasteiger partial charge in [-0.15, -0.1) is 0 Å². The molecule has 2 amide bonds. The Labute approximate surface area is 180 Å². The number of rotatable bonds is 7. The number of hydrogen-bond donors (Lipinski definition) is 2. The van der Waals surface area contributed by atoms with Gasteiger partial charge in [-0.3, -0.25) is 19.7 Å². The second kappa shape index (κ2) is 9.46. The van der Waals surface area contributed by atoms with Crippen LogP contribution >= 0.6 is 0 Å². The number of fused-ring (bicyclic) bond motifs is 1.